The number of hydrogen-bond donors (Lipinski definition) is 1. The van der Waals surface area contributed by atoms with Crippen LogP contribution in [0.4, 0.5) is 0 Å². The SMILES string of the molecule is CC(=N)N1CCN(S(C)(=O)=O)C(=O)C1. The summed E-state index contributed by atoms with van der Waals surface area (Å²) in [7, 11) is -3.44. The number of amidine groups is 1. The van der Waals surface area contributed by atoms with Gasteiger partial charge in [0.1, 0.15) is 0 Å². The molecule has 0 aromatic carbocycles. The summed E-state index contributed by atoms with van der Waals surface area (Å²) in [6.45, 7) is 2.08. The van der Waals surface area contributed by atoms with E-state index in [4.69, 9.17) is 5.41 Å². The number of carbonyl (C=O) groups is 1. The normalized spacial score (nSPS) is 18.6. The number of piperazine rings is 1. The van der Waals surface area contributed by atoms with Crippen molar-refractivity contribution in [1.29, 1.82) is 5.41 Å². The van der Waals surface area contributed by atoms with Crippen LogP contribution in [0.2, 0.25) is 0 Å². The summed E-state index contributed by atoms with van der Waals surface area (Å²) < 4.78 is 23.1. The molecule has 0 bridgehead atoms. The van der Waals surface area contributed by atoms with Gasteiger partial charge >= 0.3 is 0 Å². The van der Waals surface area contributed by atoms with Crippen LogP contribution < -0.4 is 0 Å². The van der Waals surface area contributed by atoms with Crippen LogP contribution in [0.25, 0.3) is 0 Å². The summed E-state index contributed by atoms with van der Waals surface area (Å²) in [6, 6.07) is 0. The second-order valence-corrected chi connectivity index (χ2v) is 5.14. The summed E-state index contributed by atoms with van der Waals surface area (Å²) in [4.78, 5) is 12.9. The van der Waals surface area contributed by atoms with E-state index in [1.165, 1.54) is 0 Å². The third kappa shape index (κ3) is 2.22. The third-order valence-corrected chi connectivity index (χ3v) is 3.24. The van der Waals surface area contributed by atoms with E-state index in [2.05, 4.69) is 0 Å². The minimum Gasteiger partial charge on any atom is -0.350 e. The lowest BCUT2D eigenvalue weighted by atomic mass is 10.3. The molecule has 1 fully saturated rings. The molecule has 6 nitrogen and oxygen atoms in total. The van der Waals surface area contributed by atoms with Crippen LogP contribution in [0.5, 0.6) is 0 Å². The van der Waals surface area contributed by atoms with Crippen molar-refractivity contribution >= 4 is 21.8 Å². The van der Waals surface area contributed by atoms with Gasteiger partial charge in [-0.2, -0.15) is 0 Å². The van der Waals surface area contributed by atoms with Crippen LogP contribution in [0.3, 0.4) is 0 Å². The molecule has 0 aliphatic carbocycles. The molecule has 1 heterocycles. The molecule has 14 heavy (non-hydrogen) atoms. The van der Waals surface area contributed by atoms with Crippen LogP contribution in [-0.4, -0.2) is 55.3 Å². The maximum atomic E-state index is 11.4. The van der Waals surface area contributed by atoms with Gasteiger partial charge in [0.05, 0.1) is 25.2 Å². The Bertz CT molecular complexity index is 362. The highest BCUT2D eigenvalue weighted by atomic mass is 32.2. The van der Waals surface area contributed by atoms with Gasteiger partial charge in [-0.25, -0.2) is 12.7 Å². The van der Waals surface area contributed by atoms with Gasteiger partial charge in [0.2, 0.25) is 10.0 Å². The molecule has 0 spiro atoms. The van der Waals surface area contributed by atoms with Gasteiger partial charge in [-0.15, -0.1) is 0 Å². The van der Waals surface area contributed by atoms with E-state index >= 15 is 0 Å². The first-order valence-corrected chi connectivity index (χ1v) is 5.98. The van der Waals surface area contributed by atoms with Crippen LogP contribution in [0.15, 0.2) is 0 Å². The average Bonchev–Trinajstić information content (AvgIpc) is 2.01. The van der Waals surface area contributed by atoms with Crippen molar-refractivity contribution in [3.05, 3.63) is 0 Å². The standard InChI is InChI=1S/C7H13N3O3S/c1-6(8)9-3-4-10(7(11)5-9)14(2,12)13/h8H,3-5H2,1-2H3. The average molecular weight is 219 g/mol. The zero-order valence-electron chi connectivity index (χ0n) is 8.15. The van der Waals surface area contributed by atoms with Crippen LogP contribution >= 0.6 is 0 Å². The van der Waals surface area contributed by atoms with E-state index < -0.39 is 15.9 Å². The first-order valence-electron chi connectivity index (χ1n) is 4.13. The Labute approximate surface area is 83.1 Å². The van der Waals surface area contributed by atoms with Crippen molar-refractivity contribution in [2.75, 3.05) is 25.9 Å². The fourth-order valence-corrected chi connectivity index (χ4v) is 2.14. The number of nitrogens with one attached hydrogen (secondary N) is 1. The Morgan fingerprint density at radius 1 is 1.43 bits per heavy atom. The largest absolute Gasteiger partial charge is 0.350 e. The van der Waals surface area contributed by atoms with E-state index in [9.17, 15) is 13.2 Å². The third-order valence-electron chi connectivity index (χ3n) is 2.05. The zero-order chi connectivity index (χ0) is 10.9. The first-order chi connectivity index (χ1) is 6.32. The molecule has 80 valence electrons. The van der Waals surface area contributed by atoms with Crippen molar-refractivity contribution in [2.45, 2.75) is 6.92 Å². The van der Waals surface area contributed by atoms with E-state index in [-0.39, 0.29) is 18.9 Å². The lowest BCUT2D eigenvalue weighted by molar-refractivity contribution is -0.129. The molecule has 1 amide bonds. The van der Waals surface area contributed by atoms with E-state index in [0.717, 1.165) is 10.6 Å². The molecule has 1 N–H and O–H groups in total. The zero-order valence-corrected chi connectivity index (χ0v) is 8.97. The second-order valence-electron chi connectivity index (χ2n) is 3.24. The number of nitrogens with zero attached hydrogens (tertiary/aromatic N) is 2. The highest BCUT2D eigenvalue weighted by Crippen LogP contribution is 2.07. The van der Waals surface area contributed by atoms with Gasteiger partial charge < -0.3 is 4.90 Å². The van der Waals surface area contributed by atoms with E-state index in [0.29, 0.717) is 6.54 Å². The summed E-state index contributed by atoms with van der Waals surface area (Å²) >= 11 is 0. The van der Waals surface area contributed by atoms with Gasteiger partial charge in [0.25, 0.3) is 5.91 Å². The second kappa shape index (κ2) is 3.56. The summed E-state index contributed by atoms with van der Waals surface area (Å²) in [5.41, 5.74) is 0. The number of sulfonamides is 1. The van der Waals surface area contributed by atoms with Crippen molar-refractivity contribution in [3.63, 3.8) is 0 Å². The number of rotatable bonds is 1. The Hall–Kier alpha value is -1.11. The van der Waals surface area contributed by atoms with E-state index in [1.807, 2.05) is 0 Å². The maximum Gasteiger partial charge on any atom is 0.255 e. The number of amides is 1. The minimum atomic E-state index is -3.44. The fourth-order valence-electron chi connectivity index (χ4n) is 1.29. The Morgan fingerprint density at radius 2 is 2.00 bits per heavy atom. The van der Waals surface area contributed by atoms with Gasteiger partial charge in [0.15, 0.2) is 0 Å². The predicted octanol–water partition coefficient (Wildman–Crippen LogP) is -0.913. The van der Waals surface area contributed by atoms with Crippen molar-refractivity contribution < 1.29 is 13.2 Å². The maximum absolute atomic E-state index is 11.4. The molecule has 1 aliphatic rings. The molecule has 0 unspecified atom stereocenters. The minimum absolute atomic E-state index is 0.0254. The number of carbonyl (C=O) groups excluding carboxylic acids is 1. The predicted molar refractivity (Wildman–Crippen MR) is 51.5 cm³/mol. The number of hydrogen-bond acceptors (Lipinski definition) is 4. The highest BCUT2D eigenvalue weighted by Gasteiger charge is 2.29. The van der Waals surface area contributed by atoms with Gasteiger partial charge in [0, 0.05) is 6.54 Å². The lowest BCUT2D eigenvalue weighted by Gasteiger charge is -2.33. The van der Waals surface area contributed by atoms with Crippen molar-refractivity contribution in [3.8, 4) is 0 Å². The summed E-state index contributed by atoms with van der Waals surface area (Å²) in [5, 5.41) is 7.31. The molecule has 7 heteroatoms. The smallest absolute Gasteiger partial charge is 0.255 e. The lowest BCUT2D eigenvalue weighted by Crippen LogP contribution is -2.53. The molecule has 1 saturated heterocycles. The molecular formula is C7H13N3O3S. The molecule has 0 aromatic rings. The fraction of sp³-hybridized carbons (Fsp3) is 0.714. The van der Waals surface area contributed by atoms with Crippen molar-refractivity contribution in [2.24, 2.45) is 0 Å². The summed E-state index contributed by atoms with van der Waals surface area (Å²) in [6.07, 6.45) is 1.01. The quantitative estimate of drug-likeness (QED) is 0.457. The first kappa shape index (κ1) is 11.0. The van der Waals surface area contributed by atoms with Crippen molar-refractivity contribution in [1.82, 2.24) is 9.21 Å². The van der Waals surface area contributed by atoms with Gasteiger partial charge in [-0.1, -0.05) is 0 Å². The molecule has 0 saturated carbocycles. The molecule has 0 atom stereocenters. The monoisotopic (exact) mass is 219 g/mol. The molecule has 0 aromatic heterocycles. The Kier molecular flexibility index (Phi) is 2.79. The Morgan fingerprint density at radius 3 is 2.36 bits per heavy atom. The van der Waals surface area contributed by atoms with Crippen LogP contribution in [-0.2, 0) is 14.8 Å². The highest BCUT2D eigenvalue weighted by molar-refractivity contribution is 7.88. The molecular weight excluding hydrogens is 206 g/mol. The summed E-state index contributed by atoms with van der Waals surface area (Å²) in [5.74, 6) is -0.183. The van der Waals surface area contributed by atoms with Gasteiger partial charge in [-0.05, 0) is 6.92 Å². The molecule has 0 radical (unpaired) electrons. The van der Waals surface area contributed by atoms with Crippen LogP contribution in [0, 0.1) is 5.41 Å². The molecule has 1 rings (SSSR count). The van der Waals surface area contributed by atoms with Crippen LogP contribution in [0.1, 0.15) is 6.92 Å². The molecule has 1 aliphatic heterocycles. The Balaban J connectivity index is 2.76. The van der Waals surface area contributed by atoms with E-state index in [1.54, 1.807) is 11.8 Å². The topological polar surface area (TPSA) is 81.5 Å². The van der Waals surface area contributed by atoms with Gasteiger partial charge in [-0.3, -0.25) is 10.2 Å².